The molecule has 16 heavy (non-hydrogen) atoms. The summed E-state index contributed by atoms with van der Waals surface area (Å²) in [6.45, 7) is 0.816. The van der Waals surface area contributed by atoms with Crippen LogP contribution in [-0.2, 0) is 11.3 Å². The van der Waals surface area contributed by atoms with Crippen molar-refractivity contribution in [2.75, 3.05) is 20.6 Å². The number of rotatable bonds is 4. The number of likely N-dealkylation sites (N-methyl/N-ethyl adjacent to an activating group) is 1. The Kier molecular flexibility index (Phi) is 4.49. The van der Waals surface area contributed by atoms with Gasteiger partial charge in [-0.15, -0.1) is 0 Å². The largest absolute Gasteiger partial charge is 0.348 e. The lowest BCUT2D eigenvalue weighted by molar-refractivity contribution is -0.127. The Morgan fingerprint density at radius 2 is 2.12 bits per heavy atom. The molecule has 1 amide bonds. The maximum absolute atomic E-state index is 11.3. The maximum atomic E-state index is 11.3. The molecular weight excluding hydrogens is 202 g/mol. The van der Waals surface area contributed by atoms with Crippen LogP contribution in [0.3, 0.4) is 0 Å². The predicted octanol–water partition coefficient (Wildman–Crippen LogP) is 0.736. The molecule has 0 fully saturated rings. The number of nitrogens with zero attached hydrogens (tertiary/aromatic N) is 2. The molecule has 0 unspecified atom stereocenters. The molecule has 0 saturated heterocycles. The van der Waals surface area contributed by atoms with Crippen molar-refractivity contribution in [3.63, 3.8) is 0 Å². The molecule has 0 aliphatic carbocycles. The van der Waals surface area contributed by atoms with Crippen molar-refractivity contribution in [3.8, 4) is 6.07 Å². The summed E-state index contributed by atoms with van der Waals surface area (Å²) < 4.78 is 0. The van der Waals surface area contributed by atoms with Gasteiger partial charge in [0.05, 0.1) is 18.2 Å². The van der Waals surface area contributed by atoms with Gasteiger partial charge in [0.1, 0.15) is 0 Å². The molecule has 4 heteroatoms. The van der Waals surface area contributed by atoms with Gasteiger partial charge in [-0.2, -0.15) is 5.26 Å². The molecule has 0 saturated carbocycles. The molecular formula is C12H15N3O. The first-order chi connectivity index (χ1) is 7.65. The number of nitriles is 1. The monoisotopic (exact) mass is 217 g/mol. The second-order valence-electron chi connectivity index (χ2n) is 3.66. The minimum absolute atomic E-state index is 0.0226. The smallest absolute Gasteiger partial charge is 0.236 e. The number of hydrogen-bond donors (Lipinski definition) is 1. The van der Waals surface area contributed by atoms with E-state index in [-0.39, 0.29) is 12.5 Å². The van der Waals surface area contributed by atoms with Gasteiger partial charge >= 0.3 is 0 Å². The van der Waals surface area contributed by atoms with Crippen LogP contribution in [0.25, 0.3) is 0 Å². The Morgan fingerprint density at radius 3 is 2.75 bits per heavy atom. The summed E-state index contributed by atoms with van der Waals surface area (Å²) in [5.41, 5.74) is 1.56. The molecule has 1 N–H and O–H groups in total. The zero-order valence-corrected chi connectivity index (χ0v) is 9.53. The number of carbonyl (C=O) groups is 1. The number of amides is 1. The Morgan fingerprint density at radius 1 is 1.44 bits per heavy atom. The first-order valence-corrected chi connectivity index (χ1v) is 5.04. The highest BCUT2D eigenvalue weighted by Crippen LogP contribution is 2.06. The van der Waals surface area contributed by atoms with Gasteiger partial charge in [-0.1, -0.05) is 18.2 Å². The lowest BCUT2D eigenvalue weighted by Crippen LogP contribution is -2.32. The average Bonchev–Trinajstić information content (AvgIpc) is 2.29. The molecule has 0 aromatic heterocycles. The standard InChI is InChI=1S/C12H15N3O/c1-15(2)12(16)9-14-8-11-6-4-3-5-10(11)7-13/h3-6,14H,8-9H2,1-2H3. The van der Waals surface area contributed by atoms with Crippen molar-refractivity contribution in [2.45, 2.75) is 6.54 Å². The van der Waals surface area contributed by atoms with E-state index in [9.17, 15) is 4.79 Å². The molecule has 0 aliphatic rings. The molecule has 84 valence electrons. The third-order valence-electron chi connectivity index (χ3n) is 2.23. The second kappa shape index (κ2) is 5.89. The second-order valence-corrected chi connectivity index (χ2v) is 3.66. The SMILES string of the molecule is CN(C)C(=O)CNCc1ccccc1C#N. The molecule has 0 aliphatic heterocycles. The fourth-order valence-corrected chi connectivity index (χ4v) is 1.25. The number of carbonyl (C=O) groups excluding carboxylic acids is 1. The molecule has 0 atom stereocenters. The van der Waals surface area contributed by atoms with Crippen molar-refractivity contribution >= 4 is 5.91 Å². The Bertz CT molecular complexity index is 407. The van der Waals surface area contributed by atoms with E-state index in [1.807, 2.05) is 18.2 Å². The first kappa shape index (κ1) is 12.2. The molecule has 0 heterocycles. The quantitative estimate of drug-likeness (QED) is 0.809. The lowest BCUT2D eigenvalue weighted by atomic mass is 10.1. The van der Waals surface area contributed by atoms with Crippen molar-refractivity contribution in [3.05, 3.63) is 35.4 Å². The van der Waals surface area contributed by atoms with Gasteiger partial charge in [-0.3, -0.25) is 4.79 Å². The third kappa shape index (κ3) is 3.37. The van der Waals surface area contributed by atoms with E-state index in [1.54, 1.807) is 20.2 Å². The summed E-state index contributed by atoms with van der Waals surface area (Å²) in [6, 6.07) is 9.48. The highest BCUT2D eigenvalue weighted by molar-refractivity contribution is 5.77. The Balaban J connectivity index is 2.50. The predicted molar refractivity (Wildman–Crippen MR) is 61.6 cm³/mol. The van der Waals surface area contributed by atoms with Gasteiger partial charge < -0.3 is 10.2 Å². The van der Waals surface area contributed by atoms with E-state index >= 15 is 0 Å². The lowest BCUT2D eigenvalue weighted by Gasteiger charge is -2.11. The van der Waals surface area contributed by atoms with E-state index in [4.69, 9.17) is 5.26 Å². The fourth-order valence-electron chi connectivity index (χ4n) is 1.25. The molecule has 0 bridgehead atoms. The zero-order valence-electron chi connectivity index (χ0n) is 9.53. The van der Waals surface area contributed by atoms with Crippen LogP contribution in [0.2, 0.25) is 0 Å². The van der Waals surface area contributed by atoms with Gasteiger partial charge in [-0.05, 0) is 11.6 Å². The van der Waals surface area contributed by atoms with Crippen LogP contribution in [0.5, 0.6) is 0 Å². The number of hydrogen-bond acceptors (Lipinski definition) is 3. The third-order valence-corrected chi connectivity index (χ3v) is 2.23. The average molecular weight is 217 g/mol. The maximum Gasteiger partial charge on any atom is 0.236 e. The number of benzene rings is 1. The van der Waals surface area contributed by atoms with E-state index < -0.39 is 0 Å². The summed E-state index contributed by atoms with van der Waals surface area (Å²) in [7, 11) is 3.43. The van der Waals surface area contributed by atoms with Crippen molar-refractivity contribution in [1.29, 1.82) is 5.26 Å². The van der Waals surface area contributed by atoms with Crippen LogP contribution in [-0.4, -0.2) is 31.4 Å². The van der Waals surface area contributed by atoms with Crippen LogP contribution in [0.1, 0.15) is 11.1 Å². The minimum atomic E-state index is 0.0226. The summed E-state index contributed by atoms with van der Waals surface area (Å²) >= 11 is 0. The highest BCUT2D eigenvalue weighted by Gasteiger charge is 2.04. The van der Waals surface area contributed by atoms with Crippen molar-refractivity contribution in [2.24, 2.45) is 0 Å². The van der Waals surface area contributed by atoms with Crippen LogP contribution in [0.15, 0.2) is 24.3 Å². The molecule has 0 spiro atoms. The van der Waals surface area contributed by atoms with Gasteiger partial charge in [0, 0.05) is 20.6 Å². The van der Waals surface area contributed by atoms with E-state index in [2.05, 4.69) is 11.4 Å². The molecule has 1 aromatic rings. The van der Waals surface area contributed by atoms with Crippen LogP contribution in [0.4, 0.5) is 0 Å². The summed E-state index contributed by atoms with van der Waals surface area (Å²) in [4.78, 5) is 12.8. The van der Waals surface area contributed by atoms with Gasteiger partial charge in [0.2, 0.25) is 5.91 Å². The molecule has 1 aromatic carbocycles. The first-order valence-electron chi connectivity index (χ1n) is 5.04. The minimum Gasteiger partial charge on any atom is -0.348 e. The van der Waals surface area contributed by atoms with E-state index in [0.29, 0.717) is 12.1 Å². The van der Waals surface area contributed by atoms with E-state index in [0.717, 1.165) is 5.56 Å². The van der Waals surface area contributed by atoms with Crippen molar-refractivity contribution in [1.82, 2.24) is 10.2 Å². The Labute approximate surface area is 95.5 Å². The summed E-state index contributed by atoms with van der Waals surface area (Å²) in [5.74, 6) is 0.0226. The molecule has 0 radical (unpaired) electrons. The zero-order chi connectivity index (χ0) is 12.0. The van der Waals surface area contributed by atoms with Crippen LogP contribution in [0, 0.1) is 11.3 Å². The molecule has 4 nitrogen and oxygen atoms in total. The van der Waals surface area contributed by atoms with E-state index in [1.165, 1.54) is 4.90 Å². The summed E-state index contributed by atoms with van der Waals surface area (Å²) in [5, 5.41) is 11.9. The highest BCUT2D eigenvalue weighted by atomic mass is 16.2. The van der Waals surface area contributed by atoms with Crippen LogP contribution >= 0.6 is 0 Å². The Hall–Kier alpha value is -1.86. The van der Waals surface area contributed by atoms with Crippen molar-refractivity contribution < 1.29 is 4.79 Å². The topological polar surface area (TPSA) is 56.1 Å². The van der Waals surface area contributed by atoms with Gasteiger partial charge in [0.15, 0.2) is 0 Å². The fraction of sp³-hybridized carbons (Fsp3) is 0.333. The summed E-state index contributed by atoms with van der Waals surface area (Å²) in [6.07, 6.45) is 0. The normalized spacial score (nSPS) is 9.56. The molecule has 1 rings (SSSR count). The number of nitrogens with one attached hydrogen (secondary N) is 1. The van der Waals surface area contributed by atoms with Gasteiger partial charge in [0.25, 0.3) is 0 Å². The van der Waals surface area contributed by atoms with Gasteiger partial charge in [-0.25, -0.2) is 0 Å². The van der Waals surface area contributed by atoms with Crippen LogP contribution < -0.4 is 5.32 Å².